The van der Waals surface area contributed by atoms with Gasteiger partial charge in [-0.3, -0.25) is 0 Å². The summed E-state index contributed by atoms with van der Waals surface area (Å²) in [6.45, 7) is 4.40. The van der Waals surface area contributed by atoms with E-state index in [1.807, 2.05) is 0 Å². The summed E-state index contributed by atoms with van der Waals surface area (Å²) in [4.78, 5) is 10.5. The molecular weight excluding hydrogens is 170 g/mol. The molecule has 0 bridgehead atoms. The highest BCUT2D eigenvalue weighted by molar-refractivity contribution is 5.76. The predicted octanol–water partition coefficient (Wildman–Crippen LogP) is 0.0676. The number of rotatable bonds is 5. The molecule has 0 aromatic heterocycles. The Labute approximate surface area is 78.0 Å². The van der Waals surface area contributed by atoms with Crippen molar-refractivity contribution in [2.75, 3.05) is 13.1 Å². The summed E-state index contributed by atoms with van der Waals surface area (Å²) in [5, 5.41) is 20.9. The second-order valence-corrected chi connectivity index (χ2v) is 4.18. The first-order valence-corrected chi connectivity index (χ1v) is 4.60. The van der Waals surface area contributed by atoms with E-state index in [-0.39, 0.29) is 6.54 Å². The average molecular weight is 187 g/mol. The quantitative estimate of drug-likeness (QED) is 0.569. The molecule has 13 heavy (non-hydrogen) atoms. The summed E-state index contributed by atoms with van der Waals surface area (Å²) in [5.74, 6) is 0.246. The third-order valence-corrected chi connectivity index (χ3v) is 2.61. The number of carbonyl (C=O) groups is 1. The van der Waals surface area contributed by atoms with Crippen molar-refractivity contribution in [3.8, 4) is 0 Å². The van der Waals surface area contributed by atoms with E-state index in [0.29, 0.717) is 5.92 Å². The third kappa shape index (κ3) is 2.97. The zero-order valence-electron chi connectivity index (χ0n) is 8.08. The Bertz CT molecular complexity index is 203. The summed E-state index contributed by atoms with van der Waals surface area (Å²) in [6.07, 6.45) is 1.21. The lowest BCUT2D eigenvalue weighted by atomic mass is 10.1. The van der Waals surface area contributed by atoms with Crippen LogP contribution in [0.4, 0.5) is 0 Å². The fourth-order valence-corrected chi connectivity index (χ4v) is 1.26. The number of carboxylic acids is 1. The monoisotopic (exact) mass is 187 g/mol. The van der Waals surface area contributed by atoms with Crippen LogP contribution in [0.25, 0.3) is 0 Å². The van der Waals surface area contributed by atoms with Crippen molar-refractivity contribution in [3.05, 3.63) is 0 Å². The van der Waals surface area contributed by atoms with Crippen molar-refractivity contribution >= 4 is 5.97 Å². The van der Waals surface area contributed by atoms with E-state index in [0.717, 1.165) is 12.5 Å². The van der Waals surface area contributed by atoms with E-state index in [1.54, 1.807) is 0 Å². The Morgan fingerprint density at radius 2 is 2.23 bits per heavy atom. The number of aliphatic carboxylic acids is 1. The molecule has 1 fully saturated rings. The van der Waals surface area contributed by atoms with Crippen LogP contribution in [0.15, 0.2) is 0 Å². The van der Waals surface area contributed by atoms with Gasteiger partial charge in [-0.05, 0) is 31.7 Å². The molecule has 4 nitrogen and oxygen atoms in total. The van der Waals surface area contributed by atoms with Gasteiger partial charge in [-0.15, -0.1) is 0 Å². The lowest BCUT2D eigenvalue weighted by Crippen LogP contribution is -2.45. The van der Waals surface area contributed by atoms with Crippen LogP contribution in [0.3, 0.4) is 0 Å². The maximum absolute atomic E-state index is 10.5. The minimum absolute atomic E-state index is 0.117. The van der Waals surface area contributed by atoms with Gasteiger partial charge in [-0.2, -0.15) is 0 Å². The first kappa shape index (κ1) is 10.5. The molecule has 1 saturated carbocycles. The van der Waals surface area contributed by atoms with E-state index < -0.39 is 11.6 Å². The largest absolute Gasteiger partial charge is 0.479 e. The molecule has 0 aliphatic heterocycles. The molecule has 0 saturated heterocycles. The second kappa shape index (κ2) is 3.64. The molecule has 4 heteroatoms. The maximum atomic E-state index is 10.5. The van der Waals surface area contributed by atoms with Crippen LogP contribution in [0.1, 0.15) is 20.3 Å². The van der Waals surface area contributed by atoms with Gasteiger partial charge in [-0.25, -0.2) is 4.79 Å². The molecule has 0 aromatic carbocycles. The molecular formula is C9H17NO3. The van der Waals surface area contributed by atoms with Gasteiger partial charge in [0.1, 0.15) is 0 Å². The Kier molecular flexibility index (Phi) is 2.93. The van der Waals surface area contributed by atoms with Crippen LogP contribution in [0.5, 0.6) is 0 Å². The first-order chi connectivity index (χ1) is 5.93. The highest BCUT2D eigenvalue weighted by atomic mass is 16.4. The van der Waals surface area contributed by atoms with Crippen LogP contribution in [-0.4, -0.2) is 34.9 Å². The molecule has 0 heterocycles. The highest BCUT2D eigenvalue weighted by Gasteiger charge is 2.34. The SMILES string of the molecule is CC1CC1CNCC(C)(O)C(=O)O. The molecule has 1 aliphatic carbocycles. The Balaban J connectivity index is 2.14. The lowest BCUT2D eigenvalue weighted by Gasteiger charge is -2.18. The Hall–Kier alpha value is -0.610. The topological polar surface area (TPSA) is 69.6 Å². The van der Waals surface area contributed by atoms with Gasteiger partial charge in [0.15, 0.2) is 5.60 Å². The van der Waals surface area contributed by atoms with E-state index in [2.05, 4.69) is 12.2 Å². The molecule has 0 radical (unpaired) electrons. The Morgan fingerprint density at radius 1 is 1.69 bits per heavy atom. The summed E-state index contributed by atoms with van der Waals surface area (Å²) in [5.41, 5.74) is -1.64. The lowest BCUT2D eigenvalue weighted by molar-refractivity contribution is -0.156. The first-order valence-electron chi connectivity index (χ1n) is 4.60. The summed E-state index contributed by atoms with van der Waals surface area (Å²) >= 11 is 0. The van der Waals surface area contributed by atoms with Crippen molar-refractivity contribution in [1.82, 2.24) is 5.32 Å². The number of nitrogens with one attached hydrogen (secondary N) is 1. The number of carboxylic acid groups (broad SMARTS) is 1. The van der Waals surface area contributed by atoms with Gasteiger partial charge < -0.3 is 15.5 Å². The van der Waals surface area contributed by atoms with Crippen molar-refractivity contribution in [1.29, 1.82) is 0 Å². The van der Waals surface area contributed by atoms with E-state index in [9.17, 15) is 9.90 Å². The molecule has 1 rings (SSSR count). The summed E-state index contributed by atoms with van der Waals surface area (Å²) < 4.78 is 0. The molecule has 1 aliphatic rings. The maximum Gasteiger partial charge on any atom is 0.336 e. The average Bonchev–Trinajstić information content (AvgIpc) is 2.66. The molecule has 3 atom stereocenters. The predicted molar refractivity (Wildman–Crippen MR) is 48.4 cm³/mol. The number of aliphatic hydroxyl groups is 1. The van der Waals surface area contributed by atoms with E-state index in [1.165, 1.54) is 13.3 Å². The van der Waals surface area contributed by atoms with Crippen LogP contribution in [0.2, 0.25) is 0 Å². The zero-order valence-corrected chi connectivity index (χ0v) is 8.08. The smallest absolute Gasteiger partial charge is 0.336 e. The summed E-state index contributed by atoms with van der Waals surface area (Å²) in [7, 11) is 0. The second-order valence-electron chi connectivity index (χ2n) is 4.18. The summed E-state index contributed by atoms with van der Waals surface area (Å²) in [6, 6.07) is 0. The number of hydrogen-bond acceptors (Lipinski definition) is 3. The normalized spacial score (nSPS) is 31.0. The highest BCUT2D eigenvalue weighted by Crippen LogP contribution is 2.36. The molecule has 0 spiro atoms. The van der Waals surface area contributed by atoms with Crippen LogP contribution in [0, 0.1) is 11.8 Å². The van der Waals surface area contributed by atoms with Gasteiger partial charge in [0.05, 0.1) is 0 Å². The number of hydrogen-bond donors (Lipinski definition) is 3. The molecule has 76 valence electrons. The van der Waals surface area contributed by atoms with Crippen LogP contribution < -0.4 is 5.32 Å². The molecule has 0 amide bonds. The van der Waals surface area contributed by atoms with Crippen LogP contribution >= 0.6 is 0 Å². The standard InChI is InChI=1S/C9H17NO3/c1-6-3-7(6)4-10-5-9(2,13)8(11)12/h6-7,10,13H,3-5H2,1-2H3,(H,11,12). The minimum atomic E-state index is -1.64. The van der Waals surface area contributed by atoms with E-state index in [4.69, 9.17) is 5.11 Å². The van der Waals surface area contributed by atoms with Crippen molar-refractivity contribution in [3.63, 3.8) is 0 Å². The van der Waals surface area contributed by atoms with E-state index >= 15 is 0 Å². The van der Waals surface area contributed by atoms with Crippen molar-refractivity contribution < 1.29 is 15.0 Å². The van der Waals surface area contributed by atoms with Gasteiger partial charge in [-0.1, -0.05) is 6.92 Å². The fraction of sp³-hybridized carbons (Fsp3) is 0.889. The molecule has 0 aromatic rings. The van der Waals surface area contributed by atoms with Gasteiger partial charge >= 0.3 is 5.97 Å². The van der Waals surface area contributed by atoms with Gasteiger partial charge in [0, 0.05) is 6.54 Å². The molecule has 3 unspecified atom stereocenters. The van der Waals surface area contributed by atoms with Crippen molar-refractivity contribution in [2.24, 2.45) is 11.8 Å². The zero-order chi connectivity index (χ0) is 10.1. The Morgan fingerprint density at radius 3 is 2.62 bits per heavy atom. The third-order valence-electron chi connectivity index (χ3n) is 2.61. The molecule has 3 N–H and O–H groups in total. The van der Waals surface area contributed by atoms with Gasteiger partial charge in [0.25, 0.3) is 0 Å². The van der Waals surface area contributed by atoms with Crippen molar-refractivity contribution in [2.45, 2.75) is 25.9 Å². The van der Waals surface area contributed by atoms with Gasteiger partial charge in [0.2, 0.25) is 0 Å². The fourth-order valence-electron chi connectivity index (χ4n) is 1.26. The minimum Gasteiger partial charge on any atom is -0.479 e. The van der Waals surface area contributed by atoms with Crippen LogP contribution in [-0.2, 0) is 4.79 Å².